The molecule has 2 aromatic carbocycles. The maximum atomic E-state index is 13.5. The van der Waals surface area contributed by atoms with Crippen LogP contribution in [0.5, 0.6) is 5.75 Å². The molecule has 2 bridgehead atoms. The fourth-order valence-corrected chi connectivity index (χ4v) is 4.47. The Morgan fingerprint density at radius 3 is 2.70 bits per heavy atom. The van der Waals surface area contributed by atoms with Gasteiger partial charge in [0.15, 0.2) is 5.11 Å². The highest BCUT2D eigenvalue weighted by Crippen LogP contribution is 2.50. The number of nitrogens with one attached hydrogen (secondary N) is 1. The van der Waals surface area contributed by atoms with Gasteiger partial charge in [-0.05, 0) is 56.4 Å². The summed E-state index contributed by atoms with van der Waals surface area (Å²) in [7, 11) is 0. The van der Waals surface area contributed by atoms with Gasteiger partial charge in [-0.1, -0.05) is 0 Å². The molecular formula is C20H18FN3O5S. The van der Waals surface area contributed by atoms with Crippen molar-refractivity contribution in [1.82, 2.24) is 5.32 Å². The van der Waals surface area contributed by atoms with Crippen LogP contribution in [0, 0.1) is 21.8 Å². The lowest BCUT2D eigenvalue weighted by molar-refractivity contribution is -0.385. The van der Waals surface area contributed by atoms with Crippen LogP contribution in [0.15, 0.2) is 42.5 Å². The normalized spacial score (nSPS) is 24.4. The van der Waals surface area contributed by atoms with Crippen LogP contribution in [0.2, 0.25) is 0 Å². The van der Waals surface area contributed by atoms with Gasteiger partial charge < -0.3 is 14.8 Å². The molecule has 0 radical (unpaired) electrons. The summed E-state index contributed by atoms with van der Waals surface area (Å²) in [4.78, 5) is 25.3. The van der Waals surface area contributed by atoms with Crippen LogP contribution >= 0.6 is 12.2 Å². The number of hydrogen-bond acceptors (Lipinski definition) is 6. The summed E-state index contributed by atoms with van der Waals surface area (Å²) in [5.41, 5.74) is -0.465. The van der Waals surface area contributed by atoms with Gasteiger partial charge in [-0.3, -0.25) is 19.8 Å². The SMILES string of the molecule is CCOC(=O)[C@H]1[C@H]2NC(=S)N(c3ccc(F)cc3)[C@@]1(C)Oc1ccc([N+](=O)[O-])cc12. The number of ether oxygens (including phenoxy) is 2. The maximum absolute atomic E-state index is 13.5. The molecule has 0 spiro atoms. The van der Waals surface area contributed by atoms with Crippen LogP contribution < -0.4 is 15.0 Å². The Morgan fingerprint density at radius 2 is 2.07 bits per heavy atom. The minimum atomic E-state index is -1.31. The topological polar surface area (TPSA) is 93.9 Å². The van der Waals surface area contributed by atoms with Crippen LogP contribution in [0.1, 0.15) is 25.5 Å². The molecule has 0 unspecified atom stereocenters. The predicted molar refractivity (Wildman–Crippen MR) is 110 cm³/mol. The maximum Gasteiger partial charge on any atom is 0.317 e. The van der Waals surface area contributed by atoms with Gasteiger partial charge in [0.2, 0.25) is 5.72 Å². The summed E-state index contributed by atoms with van der Waals surface area (Å²) in [5, 5.41) is 14.6. The monoisotopic (exact) mass is 431 g/mol. The number of thiocarbonyl (C=S) groups is 1. The number of fused-ring (bicyclic) bond motifs is 4. The Morgan fingerprint density at radius 1 is 1.37 bits per heavy atom. The minimum Gasteiger partial charge on any atom is -0.466 e. The number of nitro benzene ring substituents is 1. The van der Waals surface area contributed by atoms with E-state index in [1.165, 1.54) is 42.5 Å². The van der Waals surface area contributed by atoms with Gasteiger partial charge in [0, 0.05) is 23.4 Å². The Hall–Kier alpha value is -3.27. The molecule has 2 aliphatic heterocycles. The first-order valence-electron chi connectivity index (χ1n) is 9.26. The molecule has 1 N–H and O–H groups in total. The lowest BCUT2D eigenvalue weighted by Crippen LogP contribution is -2.71. The van der Waals surface area contributed by atoms with E-state index in [1.54, 1.807) is 18.7 Å². The van der Waals surface area contributed by atoms with Crippen LogP contribution in [0.3, 0.4) is 0 Å². The van der Waals surface area contributed by atoms with Crippen molar-refractivity contribution >= 4 is 34.7 Å². The second kappa shape index (κ2) is 7.21. The minimum absolute atomic E-state index is 0.128. The zero-order valence-corrected chi connectivity index (χ0v) is 16.9. The average molecular weight is 431 g/mol. The van der Waals surface area contributed by atoms with Gasteiger partial charge in [-0.25, -0.2) is 4.39 Å². The Bertz CT molecular complexity index is 1050. The molecule has 0 amide bonds. The van der Waals surface area contributed by atoms with E-state index in [4.69, 9.17) is 21.7 Å². The largest absolute Gasteiger partial charge is 0.466 e. The van der Waals surface area contributed by atoms with Crippen LogP contribution in [0.25, 0.3) is 0 Å². The lowest BCUT2D eigenvalue weighted by Gasteiger charge is -2.55. The third kappa shape index (κ3) is 3.04. The average Bonchev–Trinajstić information content (AvgIpc) is 2.68. The third-order valence-electron chi connectivity index (χ3n) is 5.32. The Balaban J connectivity index is 1.89. The number of nitro groups is 1. The number of non-ortho nitro benzene ring substituents is 1. The van der Waals surface area contributed by atoms with Crippen LogP contribution in [-0.4, -0.2) is 28.3 Å². The van der Waals surface area contributed by atoms with Gasteiger partial charge in [0.05, 0.1) is 17.6 Å². The van der Waals surface area contributed by atoms with E-state index >= 15 is 0 Å². The van der Waals surface area contributed by atoms with Crippen molar-refractivity contribution in [2.75, 3.05) is 11.5 Å². The second-order valence-electron chi connectivity index (χ2n) is 7.10. The fourth-order valence-electron chi connectivity index (χ4n) is 4.06. The zero-order valence-electron chi connectivity index (χ0n) is 16.1. The van der Waals surface area contributed by atoms with Crippen molar-refractivity contribution in [2.24, 2.45) is 5.92 Å². The molecule has 2 aliphatic rings. The van der Waals surface area contributed by atoms with Crippen molar-refractivity contribution in [2.45, 2.75) is 25.6 Å². The molecule has 4 rings (SSSR count). The first-order chi connectivity index (χ1) is 14.3. The number of esters is 1. The molecule has 0 saturated carbocycles. The highest BCUT2D eigenvalue weighted by atomic mass is 32.1. The number of hydrogen-bond donors (Lipinski definition) is 1. The first-order valence-corrected chi connectivity index (χ1v) is 9.67. The highest BCUT2D eigenvalue weighted by molar-refractivity contribution is 7.80. The number of carbonyl (C=O) groups is 1. The molecule has 30 heavy (non-hydrogen) atoms. The highest BCUT2D eigenvalue weighted by Gasteiger charge is 2.60. The van der Waals surface area contributed by atoms with Crippen molar-refractivity contribution in [1.29, 1.82) is 0 Å². The standard InChI is InChI=1S/C20H18FN3O5S/c1-3-28-18(25)16-17-14-10-13(24(26)27)8-9-15(14)29-20(16,2)23(19(30)22-17)12-6-4-11(21)5-7-12/h4-10,16-17H,3H2,1-2H3,(H,22,30)/t16-,17+,20+/m1/s1. The van der Waals surface area contributed by atoms with Gasteiger partial charge in [0.1, 0.15) is 17.5 Å². The molecule has 3 atom stereocenters. The summed E-state index contributed by atoms with van der Waals surface area (Å²) in [6, 6.07) is 9.15. The van der Waals surface area contributed by atoms with E-state index in [0.29, 0.717) is 17.0 Å². The third-order valence-corrected chi connectivity index (χ3v) is 5.62. The van der Waals surface area contributed by atoms with E-state index in [9.17, 15) is 19.3 Å². The van der Waals surface area contributed by atoms with Crippen LogP contribution in [-0.2, 0) is 9.53 Å². The molecule has 156 valence electrons. The van der Waals surface area contributed by atoms with E-state index < -0.39 is 34.4 Å². The van der Waals surface area contributed by atoms with E-state index in [2.05, 4.69) is 5.32 Å². The van der Waals surface area contributed by atoms with E-state index in [0.717, 1.165) is 0 Å². The quantitative estimate of drug-likeness (QED) is 0.341. The van der Waals surface area contributed by atoms with Crippen molar-refractivity contribution in [3.8, 4) is 5.75 Å². The number of halogens is 1. The number of carbonyl (C=O) groups excluding carboxylic acids is 1. The number of nitrogens with zero attached hydrogens (tertiary/aromatic N) is 2. The summed E-state index contributed by atoms with van der Waals surface area (Å²) in [6.07, 6.45) is 0. The van der Waals surface area contributed by atoms with Gasteiger partial charge in [-0.15, -0.1) is 0 Å². The lowest BCUT2D eigenvalue weighted by atomic mass is 9.79. The van der Waals surface area contributed by atoms with Gasteiger partial charge in [-0.2, -0.15) is 0 Å². The van der Waals surface area contributed by atoms with E-state index in [-0.39, 0.29) is 17.4 Å². The zero-order chi connectivity index (χ0) is 21.6. The number of rotatable bonds is 4. The number of benzene rings is 2. The molecule has 0 aliphatic carbocycles. The molecular weight excluding hydrogens is 413 g/mol. The summed E-state index contributed by atoms with van der Waals surface area (Å²) in [6.45, 7) is 3.54. The van der Waals surface area contributed by atoms with Crippen molar-refractivity contribution in [3.63, 3.8) is 0 Å². The summed E-state index contributed by atoms with van der Waals surface area (Å²) < 4.78 is 25.0. The van der Waals surface area contributed by atoms with Crippen LogP contribution in [0.4, 0.5) is 15.8 Å². The molecule has 10 heteroatoms. The first kappa shape index (κ1) is 20.0. The van der Waals surface area contributed by atoms with Crippen molar-refractivity contribution < 1.29 is 23.6 Å². The molecule has 1 saturated heterocycles. The number of anilines is 1. The van der Waals surface area contributed by atoms with Gasteiger partial charge >= 0.3 is 5.97 Å². The Kier molecular flexibility index (Phi) is 4.81. The Labute approximate surface area is 176 Å². The van der Waals surface area contributed by atoms with Gasteiger partial charge in [0.25, 0.3) is 5.69 Å². The smallest absolute Gasteiger partial charge is 0.317 e. The fraction of sp³-hybridized carbons (Fsp3) is 0.300. The predicted octanol–water partition coefficient (Wildman–Crippen LogP) is 3.46. The molecule has 8 nitrogen and oxygen atoms in total. The molecule has 2 aromatic rings. The molecule has 0 aromatic heterocycles. The molecule has 2 heterocycles. The second-order valence-corrected chi connectivity index (χ2v) is 7.49. The van der Waals surface area contributed by atoms with Crippen molar-refractivity contribution in [3.05, 3.63) is 64.0 Å². The molecule has 1 fully saturated rings. The van der Waals surface area contributed by atoms with E-state index in [1.807, 2.05) is 0 Å². The summed E-state index contributed by atoms with van der Waals surface area (Å²) >= 11 is 5.54. The summed E-state index contributed by atoms with van der Waals surface area (Å²) in [5.74, 6) is -1.47.